The van der Waals surface area contributed by atoms with Gasteiger partial charge in [0, 0.05) is 12.4 Å². The summed E-state index contributed by atoms with van der Waals surface area (Å²) in [5, 5.41) is 8.34. The molecule has 0 amide bonds. The van der Waals surface area contributed by atoms with Crippen molar-refractivity contribution < 1.29 is 9.90 Å². The van der Waals surface area contributed by atoms with E-state index in [4.69, 9.17) is 5.11 Å². The number of aromatic carboxylic acids is 1. The maximum Gasteiger partial charge on any atom is 0.316 e. The number of hydrogen-bond donors (Lipinski definition) is 1. The van der Waals surface area contributed by atoms with Crippen molar-refractivity contribution >= 4 is 66.8 Å². The predicted molar refractivity (Wildman–Crippen MR) is 48.3 cm³/mol. The van der Waals surface area contributed by atoms with Crippen molar-refractivity contribution in [3.8, 4) is 0 Å². The number of carboxylic acid groups (broad SMARTS) is 1. The minimum Gasteiger partial charge on any atom is 0.316 e. The Morgan fingerprint density at radius 1 is 1.55 bits per heavy atom. The van der Waals surface area contributed by atoms with Crippen LogP contribution in [0.4, 0.5) is 0 Å². The Morgan fingerprint density at radius 3 is 2.45 bits per heavy atom. The molecule has 0 aliphatic rings. The first-order valence-corrected chi connectivity index (χ1v) is 2.44. The van der Waals surface area contributed by atoms with Gasteiger partial charge in [0.15, 0.2) is 0 Å². The summed E-state index contributed by atoms with van der Waals surface area (Å²) in [6.07, 6.45) is 2.84. The van der Waals surface area contributed by atoms with E-state index in [2.05, 4.69) is 4.98 Å². The van der Waals surface area contributed by atoms with Gasteiger partial charge in [-0.3, -0.25) is 4.98 Å². The van der Waals surface area contributed by atoms with Gasteiger partial charge in [-0.2, -0.15) is 0 Å². The molecule has 1 aromatic heterocycles. The average molecular weight is 192 g/mol. The van der Waals surface area contributed by atoms with Crippen molar-refractivity contribution in [2.45, 2.75) is 0 Å². The van der Waals surface area contributed by atoms with E-state index in [9.17, 15) is 4.79 Å². The monoisotopic (exact) mass is 191 g/mol. The van der Waals surface area contributed by atoms with Crippen molar-refractivity contribution in [1.82, 2.24) is 4.98 Å². The van der Waals surface area contributed by atoms with E-state index in [0.717, 1.165) is 0 Å². The van der Waals surface area contributed by atoms with Crippen LogP contribution in [0.15, 0.2) is 24.5 Å². The zero-order valence-corrected chi connectivity index (χ0v) is 4.61. The molecule has 0 spiro atoms. The Bertz CT molecular complexity index is 217. The van der Waals surface area contributed by atoms with Crippen LogP contribution in [-0.2, 0) is 0 Å². The quantitative estimate of drug-likeness (QED) is 0.576. The fraction of sp³-hybridized carbons (Fsp3) is 0. The van der Waals surface area contributed by atoms with E-state index in [-0.39, 0.29) is 66.4 Å². The molecular weight excluding hydrogens is 182 g/mol. The smallest absolute Gasteiger partial charge is 0.316 e. The number of hydrogen-bond acceptors (Lipinski definition) is 2. The van der Waals surface area contributed by atoms with Gasteiger partial charge < -0.3 is 5.11 Å². The summed E-state index contributed by atoms with van der Waals surface area (Å²) in [6, 6.07) is 3.08. The van der Waals surface area contributed by atoms with Crippen LogP contribution in [-0.4, -0.2) is 76.9 Å². The second-order valence-corrected chi connectivity index (χ2v) is 1.55. The maximum atomic E-state index is 10.2. The number of carboxylic acids is 1. The van der Waals surface area contributed by atoms with Gasteiger partial charge in [0.05, 0.1) is 5.56 Å². The maximum absolute atomic E-state index is 10.2. The molecule has 0 atom stereocenters. The first-order valence-electron chi connectivity index (χ1n) is 2.44. The van der Waals surface area contributed by atoms with Crippen LogP contribution in [0.2, 0.25) is 0 Å². The molecule has 1 heterocycles. The minimum atomic E-state index is -0.942. The molecule has 0 unspecified atom stereocenters. The molecule has 3 nitrogen and oxygen atoms in total. The van der Waals surface area contributed by atoms with Crippen LogP contribution in [0.3, 0.4) is 0 Å². The molecule has 0 saturated heterocycles. The number of pyridine rings is 1. The van der Waals surface area contributed by atoms with Crippen molar-refractivity contribution in [3.63, 3.8) is 0 Å². The summed E-state index contributed by atoms with van der Waals surface area (Å²) in [7, 11) is 0. The van der Waals surface area contributed by atoms with Crippen molar-refractivity contribution in [1.29, 1.82) is 0 Å². The fourth-order valence-electron chi connectivity index (χ4n) is 0.489. The summed E-state index contributed by atoms with van der Waals surface area (Å²) in [5.41, 5.74) is 0.220. The zero-order valence-electron chi connectivity index (χ0n) is 4.61. The van der Waals surface area contributed by atoms with Gasteiger partial charge in [0.25, 0.3) is 0 Å². The first-order chi connectivity index (χ1) is 4.30. The molecule has 54 valence electrons. The summed E-state index contributed by atoms with van der Waals surface area (Å²) in [5.74, 6) is -0.942. The molecule has 0 aliphatic heterocycles. The van der Waals surface area contributed by atoms with Gasteiger partial charge in [-0.1, -0.05) is 0 Å². The van der Waals surface area contributed by atoms with Crippen molar-refractivity contribution in [2.24, 2.45) is 0 Å². The van der Waals surface area contributed by atoms with Crippen LogP contribution in [0.5, 0.6) is 0 Å². The molecule has 11 heavy (non-hydrogen) atoms. The molecule has 5 heteroatoms. The summed E-state index contributed by atoms with van der Waals surface area (Å²) < 4.78 is 0. The Hall–Kier alpha value is 0.646. The topological polar surface area (TPSA) is 50.2 Å². The van der Waals surface area contributed by atoms with Gasteiger partial charge in [-0.25, -0.2) is 4.79 Å². The van der Waals surface area contributed by atoms with Crippen molar-refractivity contribution in [3.05, 3.63) is 30.1 Å². The fourth-order valence-corrected chi connectivity index (χ4v) is 0.489. The molecule has 1 aromatic rings. The third kappa shape index (κ3) is 4.98. The summed E-state index contributed by atoms with van der Waals surface area (Å²) >= 11 is 0. The van der Waals surface area contributed by atoms with E-state index < -0.39 is 5.97 Å². The van der Waals surface area contributed by atoms with Gasteiger partial charge in [0.1, 0.15) is 0 Å². The number of nitrogens with zero attached hydrogens (tertiary/aromatic N) is 1. The molecule has 0 fully saturated rings. The summed E-state index contributed by atoms with van der Waals surface area (Å²) in [4.78, 5) is 13.8. The third-order valence-electron chi connectivity index (χ3n) is 0.908. The van der Waals surface area contributed by atoms with Gasteiger partial charge in [-0.05, 0) is 12.1 Å². The second kappa shape index (κ2) is 7.30. The minimum absolute atomic E-state index is 0. The second-order valence-electron chi connectivity index (χ2n) is 1.55. The SMILES string of the molecule is O=C(O)c1cccnc1.[CaH2].[MgH2]. The van der Waals surface area contributed by atoms with Crippen molar-refractivity contribution in [2.75, 3.05) is 0 Å². The zero-order chi connectivity index (χ0) is 6.69. The molecule has 0 radical (unpaired) electrons. The molecule has 0 bridgehead atoms. The van der Waals surface area contributed by atoms with E-state index in [0.29, 0.717) is 0 Å². The van der Waals surface area contributed by atoms with E-state index in [1.54, 1.807) is 6.07 Å². The van der Waals surface area contributed by atoms with Crippen LogP contribution < -0.4 is 0 Å². The Morgan fingerprint density at radius 2 is 2.18 bits per heavy atom. The van der Waals surface area contributed by atoms with Crippen LogP contribution >= 0.6 is 0 Å². The Balaban J connectivity index is 0. The van der Waals surface area contributed by atoms with Crippen LogP contribution in [0.25, 0.3) is 0 Å². The Labute approximate surface area is 110 Å². The van der Waals surface area contributed by atoms with E-state index in [1.165, 1.54) is 18.5 Å². The van der Waals surface area contributed by atoms with Crippen LogP contribution in [0, 0.1) is 0 Å². The molecule has 0 aliphatic carbocycles. The predicted octanol–water partition coefficient (Wildman–Crippen LogP) is -1.05. The number of aromatic nitrogens is 1. The molecule has 0 aromatic carbocycles. The van der Waals surface area contributed by atoms with E-state index in [1.807, 2.05) is 0 Å². The largest absolute Gasteiger partial charge is 0.316 e. The third-order valence-corrected chi connectivity index (χ3v) is 0.908. The molecular formula is C6H9CaMgNO2. The molecule has 1 N–H and O–H groups in total. The first kappa shape index (κ1) is 14.2. The average Bonchev–Trinajstić information content (AvgIpc) is 1.90. The number of rotatable bonds is 1. The summed E-state index contributed by atoms with van der Waals surface area (Å²) in [6.45, 7) is 0. The Kier molecular flexibility index (Phi) is 9.42. The standard InChI is InChI=1S/C6H5NO2.Ca.Mg.4H/c8-6(9)5-2-1-3-7-4-5;;;;;;/h1-4H,(H,8,9);;;;;;. The van der Waals surface area contributed by atoms with Gasteiger partial charge >= 0.3 is 66.8 Å². The van der Waals surface area contributed by atoms with E-state index >= 15 is 0 Å². The molecule has 1 rings (SSSR count). The van der Waals surface area contributed by atoms with Gasteiger partial charge in [0.2, 0.25) is 0 Å². The van der Waals surface area contributed by atoms with Crippen LogP contribution in [0.1, 0.15) is 10.4 Å². The normalized spacial score (nSPS) is 7.27. The van der Waals surface area contributed by atoms with Gasteiger partial charge in [-0.15, -0.1) is 0 Å². The molecule has 0 saturated carbocycles. The number of carbonyl (C=O) groups is 1.